The van der Waals surface area contributed by atoms with E-state index >= 15 is 0 Å². The second-order valence-corrected chi connectivity index (χ2v) is 9.50. The van der Waals surface area contributed by atoms with Gasteiger partial charge in [0.2, 0.25) is 5.91 Å². The number of fused-ring (bicyclic) bond motifs is 4. The van der Waals surface area contributed by atoms with Gasteiger partial charge in [-0.25, -0.2) is 0 Å². The summed E-state index contributed by atoms with van der Waals surface area (Å²) in [5.41, 5.74) is 3.48. The highest BCUT2D eigenvalue weighted by Gasteiger charge is 2.47. The molecule has 0 unspecified atom stereocenters. The lowest BCUT2D eigenvalue weighted by molar-refractivity contribution is -0.145. The van der Waals surface area contributed by atoms with E-state index in [0.717, 1.165) is 42.5 Å². The van der Waals surface area contributed by atoms with E-state index in [2.05, 4.69) is 10.6 Å². The Morgan fingerprint density at radius 1 is 1.21 bits per heavy atom. The van der Waals surface area contributed by atoms with Crippen molar-refractivity contribution in [2.24, 2.45) is 5.92 Å². The fourth-order valence-electron chi connectivity index (χ4n) is 6.00. The van der Waals surface area contributed by atoms with Crippen molar-refractivity contribution in [3.8, 4) is 11.5 Å². The number of carbonyl (C=O) groups is 2. The van der Waals surface area contributed by atoms with Gasteiger partial charge in [-0.3, -0.25) is 9.59 Å². The highest BCUT2D eigenvalue weighted by molar-refractivity contribution is 5.98. The standard InChI is InChI=1S/C27H33N3O4/c1-16(17-8-5-4-6-9-17)29-26(31)20-14-23(33-2)25(34-3)19-11-13-30-22(24(19)20)15-21-18(27(30)32)10-7-12-28-21/h4-6,8-9,14,16,18,21-22,28H,7,10-13,15H2,1-3H3,(H,29,31)/t16-,18+,21+,22-/m1/s1. The summed E-state index contributed by atoms with van der Waals surface area (Å²) in [6.07, 6.45) is 3.39. The topological polar surface area (TPSA) is 79.9 Å². The Balaban J connectivity index is 1.56. The van der Waals surface area contributed by atoms with Crippen LogP contribution in [0.25, 0.3) is 0 Å². The predicted octanol–water partition coefficient (Wildman–Crippen LogP) is 3.39. The van der Waals surface area contributed by atoms with Crippen molar-refractivity contribution in [2.75, 3.05) is 27.3 Å². The average molecular weight is 464 g/mol. The van der Waals surface area contributed by atoms with Crippen molar-refractivity contribution < 1.29 is 19.1 Å². The van der Waals surface area contributed by atoms with Crippen molar-refractivity contribution in [3.63, 3.8) is 0 Å². The van der Waals surface area contributed by atoms with E-state index in [-0.39, 0.29) is 35.9 Å². The zero-order valence-corrected chi connectivity index (χ0v) is 20.1. The van der Waals surface area contributed by atoms with Gasteiger partial charge < -0.3 is 25.0 Å². The third-order valence-electron chi connectivity index (χ3n) is 7.68. The summed E-state index contributed by atoms with van der Waals surface area (Å²) in [6.45, 7) is 3.54. The van der Waals surface area contributed by atoms with Gasteiger partial charge in [0.15, 0.2) is 11.5 Å². The number of ether oxygens (including phenoxy) is 2. The fraction of sp³-hybridized carbons (Fsp3) is 0.481. The van der Waals surface area contributed by atoms with Crippen molar-refractivity contribution in [1.29, 1.82) is 0 Å². The lowest BCUT2D eigenvalue weighted by Gasteiger charge is -2.49. The van der Waals surface area contributed by atoms with E-state index < -0.39 is 0 Å². The molecule has 0 saturated carbocycles. The maximum atomic E-state index is 13.7. The number of benzene rings is 2. The summed E-state index contributed by atoms with van der Waals surface area (Å²) in [5.74, 6) is 1.28. The Kier molecular flexibility index (Phi) is 6.21. The molecule has 2 amide bonds. The third kappa shape index (κ3) is 3.82. The van der Waals surface area contributed by atoms with E-state index in [9.17, 15) is 9.59 Å². The number of carbonyl (C=O) groups excluding carboxylic acids is 2. The quantitative estimate of drug-likeness (QED) is 0.711. The molecule has 34 heavy (non-hydrogen) atoms. The van der Waals surface area contributed by atoms with Crippen LogP contribution in [0.1, 0.15) is 65.3 Å². The first kappa shape index (κ1) is 22.7. The molecular formula is C27H33N3O4. The molecule has 0 radical (unpaired) electrons. The van der Waals surface area contributed by atoms with Crippen LogP contribution in [0.4, 0.5) is 0 Å². The van der Waals surface area contributed by atoms with E-state index in [4.69, 9.17) is 9.47 Å². The number of nitrogens with one attached hydrogen (secondary N) is 2. The second-order valence-electron chi connectivity index (χ2n) is 9.50. The van der Waals surface area contributed by atoms with Crippen LogP contribution in [0.3, 0.4) is 0 Å². The van der Waals surface area contributed by atoms with Crippen molar-refractivity contribution >= 4 is 11.8 Å². The van der Waals surface area contributed by atoms with Crippen LogP contribution in [-0.2, 0) is 11.2 Å². The lowest BCUT2D eigenvalue weighted by Crippen LogP contribution is -2.58. The van der Waals surface area contributed by atoms with E-state index in [1.54, 1.807) is 20.3 Å². The number of rotatable bonds is 5. The smallest absolute Gasteiger partial charge is 0.252 e. The van der Waals surface area contributed by atoms with Crippen LogP contribution in [0.15, 0.2) is 36.4 Å². The molecule has 0 bridgehead atoms. The van der Waals surface area contributed by atoms with Gasteiger partial charge in [0.1, 0.15) is 0 Å². The zero-order valence-electron chi connectivity index (χ0n) is 20.1. The van der Waals surface area contributed by atoms with Crippen molar-refractivity contribution in [2.45, 2.75) is 50.7 Å². The normalized spacial score (nSPS) is 24.4. The van der Waals surface area contributed by atoms with Gasteiger partial charge in [0.25, 0.3) is 5.91 Å². The highest BCUT2D eigenvalue weighted by atomic mass is 16.5. The summed E-state index contributed by atoms with van der Waals surface area (Å²) in [6, 6.07) is 11.5. The Morgan fingerprint density at radius 2 is 2.00 bits per heavy atom. The first-order valence-electron chi connectivity index (χ1n) is 12.2. The molecule has 7 nitrogen and oxygen atoms in total. The number of hydrogen-bond donors (Lipinski definition) is 2. The summed E-state index contributed by atoms with van der Waals surface area (Å²) in [5, 5.41) is 6.72. The van der Waals surface area contributed by atoms with Crippen LogP contribution >= 0.6 is 0 Å². The van der Waals surface area contributed by atoms with Crippen LogP contribution < -0.4 is 20.1 Å². The number of piperidine rings is 2. The van der Waals surface area contributed by atoms with E-state index in [0.29, 0.717) is 30.0 Å². The first-order valence-corrected chi connectivity index (χ1v) is 12.2. The lowest BCUT2D eigenvalue weighted by atomic mass is 9.75. The molecule has 3 aliphatic rings. The Morgan fingerprint density at radius 3 is 2.74 bits per heavy atom. The molecule has 2 fully saturated rings. The summed E-state index contributed by atoms with van der Waals surface area (Å²) >= 11 is 0. The number of hydrogen-bond acceptors (Lipinski definition) is 5. The molecule has 2 N–H and O–H groups in total. The number of methoxy groups -OCH3 is 2. The van der Waals surface area contributed by atoms with Crippen LogP contribution in [-0.4, -0.2) is 50.1 Å². The van der Waals surface area contributed by atoms with E-state index in [1.165, 1.54) is 0 Å². The number of amides is 2. The van der Waals surface area contributed by atoms with Gasteiger partial charge in [-0.05, 0) is 56.3 Å². The molecule has 2 saturated heterocycles. The molecule has 180 valence electrons. The van der Waals surface area contributed by atoms with Gasteiger partial charge in [-0.15, -0.1) is 0 Å². The molecule has 7 heteroatoms. The Hall–Kier alpha value is -3.06. The van der Waals surface area contributed by atoms with Crippen LogP contribution in [0, 0.1) is 5.92 Å². The molecule has 4 atom stereocenters. The average Bonchev–Trinajstić information content (AvgIpc) is 2.88. The summed E-state index contributed by atoms with van der Waals surface area (Å²) in [4.78, 5) is 29.1. The van der Waals surface area contributed by atoms with Crippen molar-refractivity contribution in [1.82, 2.24) is 15.5 Å². The van der Waals surface area contributed by atoms with Gasteiger partial charge >= 0.3 is 0 Å². The molecule has 5 rings (SSSR count). The van der Waals surface area contributed by atoms with Crippen LogP contribution in [0.5, 0.6) is 11.5 Å². The third-order valence-corrected chi connectivity index (χ3v) is 7.68. The molecule has 3 aliphatic heterocycles. The molecule has 3 heterocycles. The van der Waals surface area contributed by atoms with Crippen molar-refractivity contribution in [3.05, 3.63) is 58.7 Å². The Labute approximate surface area is 200 Å². The predicted molar refractivity (Wildman–Crippen MR) is 129 cm³/mol. The largest absolute Gasteiger partial charge is 0.493 e. The first-order chi connectivity index (χ1) is 16.5. The molecule has 0 spiro atoms. The molecule has 2 aromatic rings. The number of nitrogens with zero attached hydrogens (tertiary/aromatic N) is 1. The highest BCUT2D eigenvalue weighted by Crippen LogP contribution is 2.47. The van der Waals surface area contributed by atoms with Gasteiger partial charge in [-0.2, -0.15) is 0 Å². The minimum atomic E-state index is -0.165. The molecule has 0 aliphatic carbocycles. The maximum Gasteiger partial charge on any atom is 0.252 e. The zero-order chi connectivity index (χ0) is 23.8. The fourth-order valence-corrected chi connectivity index (χ4v) is 6.00. The van der Waals surface area contributed by atoms with Crippen LogP contribution in [0.2, 0.25) is 0 Å². The van der Waals surface area contributed by atoms with E-state index in [1.807, 2.05) is 42.2 Å². The monoisotopic (exact) mass is 463 g/mol. The molecule has 2 aromatic carbocycles. The van der Waals surface area contributed by atoms with Gasteiger partial charge in [0.05, 0.1) is 32.2 Å². The maximum absolute atomic E-state index is 13.7. The summed E-state index contributed by atoms with van der Waals surface area (Å²) in [7, 11) is 3.22. The summed E-state index contributed by atoms with van der Waals surface area (Å²) < 4.78 is 11.4. The van der Waals surface area contributed by atoms with Gasteiger partial charge in [-0.1, -0.05) is 30.3 Å². The minimum Gasteiger partial charge on any atom is -0.493 e. The SMILES string of the molecule is COc1cc(C(=O)N[C@H](C)c2ccccc2)c2c(c1OC)CCN1C(=O)[C@H]3CCCN[C@H]3C[C@H]21. The van der Waals surface area contributed by atoms with Gasteiger partial charge in [0, 0.05) is 23.7 Å². The Bertz CT molecular complexity index is 1090. The molecule has 0 aromatic heterocycles. The molecular weight excluding hydrogens is 430 g/mol. The second kappa shape index (κ2) is 9.29. The minimum absolute atomic E-state index is 0.0297.